The average Bonchev–Trinajstić information content (AvgIpc) is 2.92. The molecule has 5 rings (SSSR count). The Bertz CT molecular complexity index is 1910. The molecule has 0 saturated carbocycles. The quantitative estimate of drug-likeness (QED) is 0.159. The van der Waals surface area contributed by atoms with Gasteiger partial charge in [-0.1, -0.05) is 42.1 Å². The number of nitrogens with two attached hydrogens (primary N) is 1. The van der Waals surface area contributed by atoms with Crippen LogP contribution in [0, 0.1) is 5.82 Å². The molecule has 0 amide bonds. The summed E-state index contributed by atoms with van der Waals surface area (Å²) in [6.07, 6.45) is 4.21. The number of hydrogen-bond donors (Lipinski definition) is 2. The number of allylic oxidation sites excluding steroid dienone is 1. The first-order valence-corrected chi connectivity index (χ1v) is 12.3. The van der Waals surface area contributed by atoms with E-state index in [2.05, 4.69) is 11.6 Å². The van der Waals surface area contributed by atoms with Crippen molar-refractivity contribution in [1.82, 2.24) is 4.57 Å². The summed E-state index contributed by atoms with van der Waals surface area (Å²) in [5, 5.41) is 11.3. The summed E-state index contributed by atoms with van der Waals surface area (Å²) in [6, 6.07) is 19.3. The van der Waals surface area contributed by atoms with Crippen LogP contribution in [-0.2, 0) is 0 Å². The minimum Gasteiger partial charge on any atom is -0.505 e. The van der Waals surface area contributed by atoms with E-state index in [0.717, 1.165) is 0 Å². The summed E-state index contributed by atoms with van der Waals surface area (Å²) < 4.78 is 26.9. The van der Waals surface area contributed by atoms with Gasteiger partial charge in [-0.3, -0.25) is 9.36 Å². The van der Waals surface area contributed by atoms with Gasteiger partial charge >= 0.3 is 5.63 Å². The Kier molecular flexibility index (Phi) is 7.02. The summed E-state index contributed by atoms with van der Waals surface area (Å²) >= 11 is 0.680. The van der Waals surface area contributed by atoms with E-state index in [-0.39, 0.29) is 26.6 Å². The Morgan fingerprint density at radius 2 is 1.85 bits per heavy atom. The Balaban J connectivity index is 1.77. The van der Waals surface area contributed by atoms with Crippen LogP contribution < -0.4 is 21.7 Å². The fraction of sp³-hybridized carbons (Fsp3) is 0. The molecule has 0 radical (unpaired) electrons. The van der Waals surface area contributed by atoms with Crippen LogP contribution >= 0.6 is 11.8 Å². The van der Waals surface area contributed by atoms with Crippen molar-refractivity contribution in [1.29, 1.82) is 0 Å². The number of aliphatic imine (C=N–C) groups is 1. The summed E-state index contributed by atoms with van der Waals surface area (Å²) in [4.78, 5) is 30.7. The first kappa shape index (κ1) is 25.6. The Labute approximate surface area is 224 Å². The van der Waals surface area contributed by atoms with Crippen molar-refractivity contribution in [2.45, 2.75) is 9.79 Å². The van der Waals surface area contributed by atoms with Crippen LogP contribution in [0.15, 0.2) is 126 Å². The van der Waals surface area contributed by atoms with Gasteiger partial charge in [0.1, 0.15) is 21.8 Å². The third kappa shape index (κ3) is 4.92. The van der Waals surface area contributed by atoms with Gasteiger partial charge < -0.3 is 20.0 Å². The summed E-state index contributed by atoms with van der Waals surface area (Å²) in [6.45, 7) is 3.74. The SMILES string of the molecule is C=C(N=C/C=C\N)Oc1ccc2c3oc(=O)c(Sc4ccccc4F)c(O)c3c(=O)n(-c3ccccc3)c2c1. The highest BCUT2D eigenvalue weighted by molar-refractivity contribution is 7.99. The number of benzene rings is 3. The molecule has 0 bridgehead atoms. The van der Waals surface area contributed by atoms with E-state index < -0.39 is 22.8 Å². The molecule has 3 aromatic carbocycles. The van der Waals surface area contributed by atoms with Crippen LogP contribution in [0.3, 0.4) is 0 Å². The smallest absolute Gasteiger partial charge is 0.354 e. The Hall–Kier alpha value is -5.09. The number of pyridine rings is 1. The molecule has 3 N–H and O–H groups in total. The molecule has 0 atom stereocenters. The van der Waals surface area contributed by atoms with Crippen LogP contribution in [-0.4, -0.2) is 15.9 Å². The highest BCUT2D eigenvalue weighted by Gasteiger charge is 2.24. The van der Waals surface area contributed by atoms with Gasteiger partial charge in [0.25, 0.3) is 5.56 Å². The van der Waals surface area contributed by atoms with Crippen LogP contribution in [0.1, 0.15) is 0 Å². The predicted octanol–water partition coefficient (Wildman–Crippen LogP) is 5.49. The molecule has 8 nitrogen and oxygen atoms in total. The van der Waals surface area contributed by atoms with Crippen molar-refractivity contribution in [2.24, 2.45) is 10.7 Å². The Morgan fingerprint density at radius 1 is 1.10 bits per heavy atom. The molecule has 0 aliphatic rings. The fourth-order valence-corrected chi connectivity index (χ4v) is 4.82. The number of hydrogen-bond acceptors (Lipinski definition) is 8. The van der Waals surface area contributed by atoms with Crippen LogP contribution in [0.5, 0.6) is 11.5 Å². The van der Waals surface area contributed by atoms with E-state index in [0.29, 0.717) is 34.1 Å². The van der Waals surface area contributed by atoms with Gasteiger partial charge in [0.05, 0.1) is 5.52 Å². The monoisotopic (exact) mass is 541 g/mol. The molecule has 2 heterocycles. The van der Waals surface area contributed by atoms with Crippen molar-refractivity contribution < 1.29 is 18.7 Å². The molecular weight excluding hydrogens is 521 g/mol. The number of fused-ring (bicyclic) bond motifs is 3. The lowest BCUT2D eigenvalue weighted by molar-refractivity contribution is 0.425. The van der Waals surface area contributed by atoms with Crippen molar-refractivity contribution in [3.63, 3.8) is 0 Å². The predicted molar refractivity (Wildman–Crippen MR) is 149 cm³/mol. The van der Waals surface area contributed by atoms with Gasteiger partial charge in [0, 0.05) is 28.3 Å². The van der Waals surface area contributed by atoms with Gasteiger partial charge in [-0.25, -0.2) is 14.2 Å². The highest BCUT2D eigenvalue weighted by Crippen LogP contribution is 2.38. The molecule has 39 heavy (non-hydrogen) atoms. The molecule has 194 valence electrons. The van der Waals surface area contributed by atoms with Crippen molar-refractivity contribution in [3.8, 4) is 17.2 Å². The summed E-state index contributed by atoms with van der Waals surface area (Å²) in [5.41, 5.74) is 4.45. The van der Waals surface area contributed by atoms with Gasteiger partial charge in [-0.05, 0) is 55.3 Å². The summed E-state index contributed by atoms with van der Waals surface area (Å²) in [7, 11) is 0. The van der Waals surface area contributed by atoms with Crippen molar-refractivity contribution in [2.75, 3.05) is 0 Å². The number of para-hydroxylation sites is 1. The van der Waals surface area contributed by atoms with Gasteiger partial charge in [0.2, 0.25) is 5.88 Å². The number of rotatable bonds is 7. The van der Waals surface area contributed by atoms with Gasteiger partial charge in [-0.15, -0.1) is 0 Å². The van der Waals surface area contributed by atoms with E-state index in [9.17, 15) is 19.1 Å². The third-order valence-electron chi connectivity index (χ3n) is 5.65. The van der Waals surface area contributed by atoms with Crippen LogP contribution in [0.4, 0.5) is 4.39 Å². The average molecular weight is 542 g/mol. The van der Waals surface area contributed by atoms with Crippen LogP contribution in [0.25, 0.3) is 27.6 Å². The van der Waals surface area contributed by atoms with E-state index in [1.807, 2.05) is 0 Å². The van der Waals surface area contributed by atoms with Gasteiger partial charge in [0.15, 0.2) is 11.3 Å². The number of aromatic hydroxyl groups is 1. The van der Waals surface area contributed by atoms with E-state index in [1.54, 1.807) is 54.6 Å². The normalized spacial score (nSPS) is 11.6. The molecule has 0 unspecified atom stereocenters. The molecule has 0 aliphatic heterocycles. The summed E-state index contributed by atoms with van der Waals surface area (Å²) in [5.74, 6) is -0.801. The van der Waals surface area contributed by atoms with E-state index >= 15 is 0 Å². The standard InChI is InChI=1S/C29H20FN3O5S/c1-17(32-15-7-14-31)37-19-12-13-20-22(16-19)33(18-8-3-2-4-9-18)28(35)24-25(34)27(29(36)38-26(20)24)39-23-11-6-5-10-21(23)30/h2-16,34H,1,31H2/b14-7-,32-15?. The lowest BCUT2D eigenvalue weighted by Gasteiger charge is -2.15. The second-order valence-electron chi connectivity index (χ2n) is 8.12. The minimum absolute atomic E-state index is 0.0702. The molecule has 5 aromatic rings. The minimum atomic E-state index is -0.914. The molecule has 0 aliphatic carbocycles. The zero-order valence-electron chi connectivity index (χ0n) is 20.2. The van der Waals surface area contributed by atoms with E-state index in [1.165, 1.54) is 41.3 Å². The first-order chi connectivity index (χ1) is 18.9. The van der Waals surface area contributed by atoms with Crippen molar-refractivity contribution in [3.05, 3.63) is 124 Å². The number of halogens is 1. The van der Waals surface area contributed by atoms with Crippen LogP contribution in [0.2, 0.25) is 0 Å². The lowest BCUT2D eigenvalue weighted by atomic mass is 10.1. The number of ether oxygens (including phenoxy) is 1. The number of nitrogens with zero attached hydrogens (tertiary/aromatic N) is 2. The maximum absolute atomic E-state index is 14.3. The maximum atomic E-state index is 14.3. The first-order valence-electron chi connectivity index (χ1n) is 11.5. The number of aromatic nitrogens is 1. The van der Waals surface area contributed by atoms with Crippen molar-refractivity contribution >= 4 is 39.8 Å². The second kappa shape index (κ2) is 10.7. The topological polar surface area (TPSA) is 120 Å². The largest absolute Gasteiger partial charge is 0.505 e. The molecule has 0 saturated heterocycles. The molecule has 10 heteroatoms. The Morgan fingerprint density at radius 3 is 2.59 bits per heavy atom. The van der Waals surface area contributed by atoms with E-state index in [4.69, 9.17) is 14.9 Å². The van der Waals surface area contributed by atoms with Gasteiger partial charge in [-0.2, -0.15) is 0 Å². The second-order valence-corrected chi connectivity index (χ2v) is 9.17. The highest BCUT2D eigenvalue weighted by atomic mass is 32.2. The molecule has 0 spiro atoms. The molecular formula is C29H20FN3O5S. The third-order valence-corrected chi connectivity index (χ3v) is 6.76. The fourth-order valence-electron chi connectivity index (χ4n) is 3.97. The maximum Gasteiger partial charge on any atom is 0.354 e. The molecule has 0 fully saturated rings. The zero-order valence-corrected chi connectivity index (χ0v) is 21.0. The zero-order chi connectivity index (χ0) is 27.5. The molecule has 2 aromatic heterocycles. The lowest BCUT2D eigenvalue weighted by Crippen LogP contribution is -2.20.